The van der Waals surface area contributed by atoms with E-state index in [1.807, 2.05) is 0 Å². The molecule has 5 heteroatoms. The molecular formula is C11H11F3N2. The fourth-order valence-electron chi connectivity index (χ4n) is 1.72. The zero-order chi connectivity index (χ0) is 11.8. The minimum Gasteiger partial charge on any atom is -0.386 e. The number of hydrogen-bond donors (Lipinski definition) is 2. The van der Waals surface area contributed by atoms with Gasteiger partial charge in [0.2, 0.25) is 0 Å². The van der Waals surface area contributed by atoms with E-state index in [9.17, 15) is 13.2 Å². The Bertz CT molecular complexity index is 423. The molecule has 2 nitrogen and oxygen atoms in total. The SMILES string of the molecule is NC1=C[C@@H](c2cccc(C(F)(F)F)c2)CN1. The summed E-state index contributed by atoms with van der Waals surface area (Å²) < 4.78 is 37.4. The standard InChI is InChI=1S/C11H11F3N2/c12-11(13,14)9-3-1-2-7(4-9)8-5-10(15)16-6-8/h1-5,8,16H,6,15H2/t8-/m1/s1. The predicted molar refractivity (Wildman–Crippen MR) is 54.5 cm³/mol. The van der Waals surface area contributed by atoms with Gasteiger partial charge in [0, 0.05) is 12.5 Å². The summed E-state index contributed by atoms with van der Waals surface area (Å²) >= 11 is 0. The van der Waals surface area contributed by atoms with E-state index in [-0.39, 0.29) is 5.92 Å². The molecule has 1 aliphatic heterocycles. The van der Waals surface area contributed by atoms with E-state index in [1.54, 1.807) is 12.1 Å². The van der Waals surface area contributed by atoms with Gasteiger partial charge in [-0.05, 0) is 17.7 Å². The van der Waals surface area contributed by atoms with Crippen molar-refractivity contribution in [3.63, 3.8) is 0 Å². The van der Waals surface area contributed by atoms with Crippen molar-refractivity contribution in [2.45, 2.75) is 12.1 Å². The molecule has 0 aromatic heterocycles. The molecule has 1 aromatic rings. The van der Waals surface area contributed by atoms with Gasteiger partial charge in [-0.1, -0.05) is 18.2 Å². The van der Waals surface area contributed by atoms with E-state index in [0.29, 0.717) is 17.9 Å². The van der Waals surface area contributed by atoms with Crippen molar-refractivity contribution in [3.05, 3.63) is 47.3 Å². The Morgan fingerprint density at radius 1 is 1.31 bits per heavy atom. The Labute approximate surface area is 90.9 Å². The van der Waals surface area contributed by atoms with Crippen molar-refractivity contribution in [3.8, 4) is 0 Å². The van der Waals surface area contributed by atoms with Gasteiger partial charge in [-0.2, -0.15) is 13.2 Å². The van der Waals surface area contributed by atoms with Gasteiger partial charge < -0.3 is 11.1 Å². The lowest BCUT2D eigenvalue weighted by atomic mass is 9.98. The number of hydrogen-bond acceptors (Lipinski definition) is 2. The Kier molecular flexibility index (Phi) is 2.53. The zero-order valence-electron chi connectivity index (χ0n) is 8.38. The van der Waals surface area contributed by atoms with Crippen LogP contribution in [0.25, 0.3) is 0 Å². The summed E-state index contributed by atoms with van der Waals surface area (Å²) in [5.74, 6) is 0.435. The first-order valence-corrected chi connectivity index (χ1v) is 4.85. The van der Waals surface area contributed by atoms with Crippen LogP contribution in [-0.4, -0.2) is 6.54 Å². The maximum Gasteiger partial charge on any atom is 0.416 e. The average Bonchev–Trinajstić information content (AvgIpc) is 2.64. The highest BCUT2D eigenvalue weighted by atomic mass is 19.4. The smallest absolute Gasteiger partial charge is 0.386 e. The summed E-state index contributed by atoms with van der Waals surface area (Å²) in [5, 5.41) is 2.88. The van der Waals surface area contributed by atoms with Gasteiger partial charge in [-0.15, -0.1) is 0 Å². The molecule has 86 valence electrons. The maximum atomic E-state index is 12.5. The highest BCUT2D eigenvalue weighted by Crippen LogP contribution is 2.31. The van der Waals surface area contributed by atoms with Gasteiger partial charge in [-0.25, -0.2) is 0 Å². The van der Waals surface area contributed by atoms with Crippen LogP contribution in [0.15, 0.2) is 36.2 Å². The maximum absolute atomic E-state index is 12.5. The molecule has 0 unspecified atom stereocenters. The Balaban J connectivity index is 2.30. The minimum absolute atomic E-state index is 0.0812. The molecule has 1 aromatic carbocycles. The molecule has 1 atom stereocenters. The molecule has 3 N–H and O–H groups in total. The van der Waals surface area contributed by atoms with Crippen molar-refractivity contribution in [1.29, 1.82) is 0 Å². The molecule has 0 bridgehead atoms. The van der Waals surface area contributed by atoms with E-state index in [0.717, 1.165) is 6.07 Å². The summed E-state index contributed by atoms with van der Waals surface area (Å²) in [6.07, 6.45) is -2.56. The summed E-state index contributed by atoms with van der Waals surface area (Å²) in [6.45, 7) is 0.549. The molecule has 1 aliphatic rings. The van der Waals surface area contributed by atoms with Crippen molar-refractivity contribution in [1.82, 2.24) is 5.32 Å². The first kappa shape index (κ1) is 10.9. The molecule has 16 heavy (non-hydrogen) atoms. The van der Waals surface area contributed by atoms with Crippen LogP contribution in [0.4, 0.5) is 13.2 Å². The van der Waals surface area contributed by atoms with Crippen LogP contribution in [0.1, 0.15) is 17.0 Å². The Morgan fingerprint density at radius 3 is 2.62 bits per heavy atom. The van der Waals surface area contributed by atoms with Crippen LogP contribution >= 0.6 is 0 Å². The molecule has 2 rings (SSSR count). The molecule has 1 heterocycles. The van der Waals surface area contributed by atoms with Crippen molar-refractivity contribution in [2.24, 2.45) is 5.73 Å². The Morgan fingerprint density at radius 2 is 2.06 bits per heavy atom. The van der Waals surface area contributed by atoms with Gasteiger partial charge in [0.05, 0.1) is 11.4 Å². The summed E-state index contributed by atoms with van der Waals surface area (Å²) in [7, 11) is 0. The average molecular weight is 228 g/mol. The monoisotopic (exact) mass is 228 g/mol. The first-order chi connectivity index (χ1) is 7.47. The topological polar surface area (TPSA) is 38.0 Å². The molecule has 0 fully saturated rings. The fourth-order valence-corrected chi connectivity index (χ4v) is 1.72. The van der Waals surface area contributed by atoms with E-state index < -0.39 is 11.7 Å². The fraction of sp³-hybridized carbons (Fsp3) is 0.273. The largest absolute Gasteiger partial charge is 0.416 e. The second-order valence-corrected chi connectivity index (χ2v) is 3.73. The zero-order valence-corrected chi connectivity index (χ0v) is 8.38. The van der Waals surface area contributed by atoms with Crippen molar-refractivity contribution < 1.29 is 13.2 Å². The van der Waals surface area contributed by atoms with E-state index >= 15 is 0 Å². The number of rotatable bonds is 1. The second kappa shape index (κ2) is 3.73. The number of benzene rings is 1. The van der Waals surface area contributed by atoms with E-state index in [2.05, 4.69) is 5.32 Å². The van der Waals surface area contributed by atoms with Crippen molar-refractivity contribution in [2.75, 3.05) is 6.54 Å². The molecule has 0 spiro atoms. The van der Waals surface area contributed by atoms with E-state index in [4.69, 9.17) is 5.73 Å². The van der Waals surface area contributed by atoms with Gasteiger partial charge in [0.25, 0.3) is 0 Å². The number of nitrogens with one attached hydrogen (secondary N) is 1. The van der Waals surface area contributed by atoms with Crippen LogP contribution in [0.2, 0.25) is 0 Å². The van der Waals surface area contributed by atoms with Gasteiger partial charge >= 0.3 is 6.18 Å². The third-order valence-corrected chi connectivity index (χ3v) is 2.55. The predicted octanol–water partition coefficient (Wildman–Crippen LogP) is 2.19. The lowest BCUT2D eigenvalue weighted by Gasteiger charge is -2.11. The minimum atomic E-state index is -4.29. The summed E-state index contributed by atoms with van der Waals surface area (Å²) in [4.78, 5) is 0. The number of nitrogens with two attached hydrogens (primary N) is 1. The molecular weight excluding hydrogens is 217 g/mol. The molecule has 0 saturated carbocycles. The van der Waals surface area contributed by atoms with Gasteiger partial charge in [0.1, 0.15) is 0 Å². The van der Waals surface area contributed by atoms with E-state index in [1.165, 1.54) is 12.1 Å². The van der Waals surface area contributed by atoms with Crippen LogP contribution in [0, 0.1) is 0 Å². The van der Waals surface area contributed by atoms with Crippen molar-refractivity contribution >= 4 is 0 Å². The number of alkyl halides is 3. The normalized spacial score (nSPS) is 20.4. The van der Waals surface area contributed by atoms with Gasteiger partial charge in [0.15, 0.2) is 0 Å². The van der Waals surface area contributed by atoms with Crippen LogP contribution < -0.4 is 11.1 Å². The lowest BCUT2D eigenvalue weighted by molar-refractivity contribution is -0.137. The van der Waals surface area contributed by atoms with Crippen LogP contribution in [0.3, 0.4) is 0 Å². The third kappa shape index (κ3) is 2.13. The summed E-state index contributed by atoms with van der Waals surface area (Å²) in [6, 6.07) is 5.33. The van der Waals surface area contributed by atoms with Crippen LogP contribution in [0.5, 0.6) is 0 Å². The quantitative estimate of drug-likeness (QED) is 0.773. The molecule has 0 aliphatic carbocycles. The van der Waals surface area contributed by atoms with Gasteiger partial charge in [-0.3, -0.25) is 0 Å². The molecule has 0 saturated heterocycles. The molecule has 0 radical (unpaired) electrons. The Hall–Kier alpha value is -1.65. The van der Waals surface area contributed by atoms with Crippen LogP contribution in [-0.2, 0) is 6.18 Å². The first-order valence-electron chi connectivity index (χ1n) is 4.85. The number of halogens is 3. The summed E-state index contributed by atoms with van der Waals surface area (Å²) in [5.41, 5.74) is 5.52. The highest BCUT2D eigenvalue weighted by Gasteiger charge is 2.31. The third-order valence-electron chi connectivity index (χ3n) is 2.55. The molecule has 0 amide bonds. The highest BCUT2D eigenvalue weighted by molar-refractivity contribution is 5.33. The lowest BCUT2D eigenvalue weighted by Crippen LogP contribution is -2.16. The second-order valence-electron chi connectivity index (χ2n) is 3.73.